The molecule has 0 radical (unpaired) electrons. The van der Waals surface area contributed by atoms with Crippen LogP contribution in [0.15, 0.2) is 24.3 Å². The van der Waals surface area contributed by atoms with Crippen LogP contribution in [0.3, 0.4) is 0 Å². The lowest BCUT2D eigenvalue weighted by Gasteiger charge is -2.27. The minimum absolute atomic E-state index is 0.422. The van der Waals surface area contributed by atoms with Gasteiger partial charge in [-0.05, 0) is 43.6 Å². The van der Waals surface area contributed by atoms with Gasteiger partial charge in [0.15, 0.2) is 0 Å². The Morgan fingerprint density at radius 3 is 2.53 bits per heavy atom. The van der Waals surface area contributed by atoms with Crippen molar-refractivity contribution in [2.45, 2.75) is 38.2 Å². The topological polar surface area (TPSA) is 32.7 Å². The van der Waals surface area contributed by atoms with E-state index in [4.69, 9.17) is 4.74 Å². The zero-order chi connectivity index (χ0) is 13.5. The van der Waals surface area contributed by atoms with Crippen LogP contribution in [0.2, 0.25) is 0 Å². The molecule has 3 nitrogen and oxygen atoms in total. The van der Waals surface area contributed by atoms with Crippen molar-refractivity contribution >= 4 is 0 Å². The molecule has 1 aromatic rings. The molecule has 1 unspecified atom stereocenters. The third kappa shape index (κ3) is 4.51. The van der Waals surface area contributed by atoms with Crippen molar-refractivity contribution in [2.24, 2.45) is 0 Å². The predicted octanol–water partition coefficient (Wildman–Crippen LogP) is 2.99. The summed E-state index contributed by atoms with van der Waals surface area (Å²) < 4.78 is 5.21. The second kappa shape index (κ2) is 7.51. The number of rotatable bonds is 4. The molecule has 1 fully saturated rings. The van der Waals surface area contributed by atoms with Gasteiger partial charge >= 0.3 is 0 Å². The Morgan fingerprint density at radius 1 is 1.16 bits per heavy atom. The van der Waals surface area contributed by atoms with Crippen LogP contribution < -0.4 is 4.74 Å². The molecular weight excluding hydrogens is 238 g/mol. The molecule has 3 heteroatoms. The van der Waals surface area contributed by atoms with Crippen molar-refractivity contribution in [1.29, 1.82) is 0 Å². The molecular formula is C16H25NO2. The summed E-state index contributed by atoms with van der Waals surface area (Å²) in [5, 5.41) is 10.4. The van der Waals surface area contributed by atoms with Gasteiger partial charge in [-0.1, -0.05) is 31.4 Å². The van der Waals surface area contributed by atoms with E-state index in [1.54, 1.807) is 7.11 Å². The van der Waals surface area contributed by atoms with Crippen molar-refractivity contribution < 1.29 is 9.84 Å². The number of likely N-dealkylation sites (tertiary alicyclic amines) is 1. The molecule has 1 aromatic carbocycles. The number of hydrogen-bond acceptors (Lipinski definition) is 3. The third-order valence-electron chi connectivity index (χ3n) is 3.86. The van der Waals surface area contributed by atoms with Crippen LogP contribution in [0.25, 0.3) is 0 Å². The standard InChI is InChI=1S/C16H25NO2/c1-19-15-9-7-8-14(12-15)16(18)13-17-10-5-3-2-4-6-11-17/h7-9,12,16,18H,2-6,10-11,13H2,1H3. The van der Waals surface area contributed by atoms with E-state index in [1.165, 1.54) is 32.1 Å². The van der Waals surface area contributed by atoms with Gasteiger partial charge in [-0.15, -0.1) is 0 Å². The lowest BCUT2D eigenvalue weighted by atomic mass is 10.1. The molecule has 2 rings (SSSR count). The Bertz CT molecular complexity index is 373. The number of methoxy groups -OCH3 is 1. The highest BCUT2D eigenvalue weighted by molar-refractivity contribution is 5.29. The van der Waals surface area contributed by atoms with Crippen LogP contribution >= 0.6 is 0 Å². The summed E-state index contributed by atoms with van der Waals surface area (Å²) in [6, 6.07) is 7.74. The number of aliphatic hydroxyl groups is 1. The summed E-state index contributed by atoms with van der Waals surface area (Å²) in [4.78, 5) is 2.39. The van der Waals surface area contributed by atoms with Gasteiger partial charge in [0, 0.05) is 6.54 Å². The van der Waals surface area contributed by atoms with Crippen LogP contribution in [-0.2, 0) is 0 Å². The fraction of sp³-hybridized carbons (Fsp3) is 0.625. The molecule has 1 saturated heterocycles. The summed E-state index contributed by atoms with van der Waals surface area (Å²) in [6.07, 6.45) is 6.11. The molecule has 0 bridgehead atoms. The summed E-state index contributed by atoms with van der Waals surface area (Å²) in [6.45, 7) is 2.95. The zero-order valence-electron chi connectivity index (χ0n) is 11.8. The number of nitrogens with zero attached hydrogens (tertiary/aromatic N) is 1. The summed E-state index contributed by atoms with van der Waals surface area (Å²) in [5.74, 6) is 0.809. The molecule has 1 heterocycles. The normalized spacial score (nSPS) is 19.5. The average molecular weight is 263 g/mol. The molecule has 0 aromatic heterocycles. The monoisotopic (exact) mass is 263 g/mol. The Balaban J connectivity index is 1.92. The Labute approximate surface area is 116 Å². The van der Waals surface area contributed by atoms with E-state index >= 15 is 0 Å². The van der Waals surface area contributed by atoms with Gasteiger partial charge in [0.2, 0.25) is 0 Å². The summed E-state index contributed by atoms with van der Waals surface area (Å²) in [5.41, 5.74) is 0.946. The maximum absolute atomic E-state index is 10.4. The van der Waals surface area contributed by atoms with E-state index in [0.29, 0.717) is 0 Å². The molecule has 0 aliphatic carbocycles. The average Bonchev–Trinajstić information content (AvgIpc) is 2.41. The maximum Gasteiger partial charge on any atom is 0.119 e. The van der Waals surface area contributed by atoms with Crippen molar-refractivity contribution in [2.75, 3.05) is 26.7 Å². The summed E-state index contributed by atoms with van der Waals surface area (Å²) in [7, 11) is 1.66. The molecule has 106 valence electrons. The first kappa shape index (κ1) is 14.4. The number of ether oxygens (including phenoxy) is 1. The maximum atomic E-state index is 10.4. The molecule has 19 heavy (non-hydrogen) atoms. The zero-order valence-corrected chi connectivity index (χ0v) is 11.8. The third-order valence-corrected chi connectivity index (χ3v) is 3.86. The van der Waals surface area contributed by atoms with E-state index in [-0.39, 0.29) is 0 Å². The number of hydrogen-bond donors (Lipinski definition) is 1. The fourth-order valence-corrected chi connectivity index (χ4v) is 2.69. The highest BCUT2D eigenvalue weighted by Crippen LogP contribution is 2.21. The van der Waals surface area contributed by atoms with Gasteiger partial charge in [-0.2, -0.15) is 0 Å². The first-order valence-corrected chi connectivity index (χ1v) is 7.34. The van der Waals surface area contributed by atoms with Gasteiger partial charge in [0.25, 0.3) is 0 Å². The van der Waals surface area contributed by atoms with Crippen molar-refractivity contribution in [3.8, 4) is 5.75 Å². The molecule has 1 aliphatic heterocycles. The molecule has 1 aliphatic rings. The highest BCUT2D eigenvalue weighted by Gasteiger charge is 2.15. The van der Waals surface area contributed by atoms with Crippen LogP contribution in [0.5, 0.6) is 5.75 Å². The number of benzene rings is 1. The minimum atomic E-state index is -0.422. The lowest BCUT2D eigenvalue weighted by Crippen LogP contribution is -2.31. The van der Waals surface area contributed by atoms with E-state index in [1.807, 2.05) is 24.3 Å². The van der Waals surface area contributed by atoms with Gasteiger partial charge < -0.3 is 14.7 Å². The predicted molar refractivity (Wildman–Crippen MR) is 77.5 cm³/mol. The SMILES string of the molecule is COc1cccc(C(O)CN2CCCCCCC2)c1. The van der Waals surface area contributed by atoms with E-state index in [2.05, 4.69) is 4.90 Å². The lowest BCUT2D eigenvalue weighted by molar-refractivity contribution is 0.107. The van der Waals surface area contributed by atoms with Gasteiger partial charge in [0.1, 0.15) is 5.75 Å². The first-order chi connectivity index (χ1) is 9.29. The van der Waals surface area contributed by atoms with Gasteiger partial charge in [-0.25, -0.2) is 0 Å². The van der Waals surface area contributed by atoms with E-state index in [9.17, 15) is 5.11 Å². The second-order valence-electron chi connectivity index (χ2n) is 5.36. The second-order valence-corrected chi connectivity index (χ2v) is 5.36. The minimum Gasteiger partial charge on any atom is -0.497 e. The Morgan fingerprint density at radius 2 is 1.84 bits per heavy atom. The van der Waals surface area contributed by atoms with Crippen molar-refractivity contribution in [3.63, 3.8) is 0 Å². The van der Waals surface area contributed by atoms with Crippen molar-refractivity contribution in [3.05, 3.63) is 29.8 Å². The fourth-order valence-electron chi connectivity index (χ4n) is 2.69. The molecule has 1 N–H and O–H groups in total. The highest BCUT2D eigenvalue weighted by atomic mass is 16.5. The van der Waals surface area contributed by atoms with Crippen molar-refractivity contribution in [1.82, 2.24) is 4.90 Å². The number of β-amino-alcohol motifs (C(OH)–C–C–N with tert-alkyl or cyclic N) is 1. The molecule has 0 amide bonds. The van der Waals surface area contributed by atoms with E-state index in [0.717, 1.165) is 30.9 Å². The molecule has 0 saturated carbocycles. The largest absolute Gasteiger partial charge is 0.497 e. The Hall–Kier alpha value is -1.06. The van der Waals surface area contributed by atoms with Crippen LogP contribution in [0, 0.1) is 0 Å². The molecule has 1 atom stereocenters. The van der Waals surface area contributed by atoms with Gasteiger partial charge in [-0.3, -0.25) is 0 Å². The van der Waals surface area contributed by atoms with E-state index < -0.39 is 6.10 Å². The molecule has 0 spiro atoms. The first-order valence-electron chi connectivity index (χ1n) is 7.34. The van der Waals surface area contributed by atoms with Gasteiger partial charge in [0.05, 0.1) is 13.2 Å². The summed E-state index contributed by atoms with van der Waals surface area (Å²) >= 11 is 0. The Kier molecular flexibility index (Phi) is 5.67. The quantitative estimate of drug-likeness (QED) is 0.906. The van der Waals surface area contributed by atoms with Crippen LogP contribution in [-0.4, -0.2) is 36.8 Å². The smallest absolute Gasteiger partial charge is 0.119 e. The number of aliphatic hydroxyl groups excluding tert-OH is 1. The van der Waals surface area contributed by atoms with Crippen LogP contribution in [0.1, 0.15) is 43.8 Å². The van der Waals surface area contributed by atoms with Crippen LogP contribution in [0.4, 0.5) is 0 Å².